The summed E-state index contributed by atoms with van der Waals surface area (Å²) in [4.78, 5) is 36.9. The Balaban J connectivity index is 2.00. The van der Waals surface area contributed by atoms with Gasteiger partial charge in [0.2, 0.25) is 0 Å². The molecular weight excluding hydrogens is 461 g/mol. The van der Waals surface area contributed by atoms with Gasteiger partial charge in [-0.1, -0.05) is 23.7 Å². The third kappa shape index (κ3) is 4.62. The lowest BCUT2D eigenvalue weighted by molar-refractivity contribution is -0.384. The van der Waals surface area contributed by atoms with E-state index in [1.165, 1.54) is 34.9 Å². The van der Waals surface area contributed by atoms with Crippen LogP contribution in [-0.4, -0.2) is 40.6 Å². The van der Waals surface area contributed by atoms with E-state index in [1.54, 1.807) is 0 Å². The van der Waals surface area contributed by atoms with Gasteiger partial charge in [-0.3, -0.25) is 14.9 Å². The number of nitro groups is 1. The molecule has 1 heterocycles. The second-order valence-electron chi connectivity index (χ2n) is 6.48. The van der Waals surface area contributed by atoms with Crippen LogP contribution in [0.3, 0.4) is 0 Å². The highest BCUT2D eigenvalue weighted by atomic mass is 35.5. The zero-order valence-corrected chi connectivity index (χ0v) is 17.3. The van der Waals surface area contributed by atoms with E-state index in [0.29, 0.717) is 5.56 Å². The largest absolute Gasteiger partial charge is 0.467 e. The van der Waals surface area contributed by atoms with Crippen molar-refractivity contribution in [2.75, 3.05) is 12.9 Å². The number of halogens is 4. The minimum atomic E-state index is -4.52. The summed E-state index contributed by atoms with van der Waals surface area (Å²) < 4.78 is 43.4. The van der Waals surface area contributed by atoms with Crippen LogP contribution in [0.25, 0.3) is 0 Å². The Bertz CT molecular complexity index is 1030. The molecule has 12 heteroatoms. The molecule has 0 N–H and O–H groups in total. The van der Waals surface area contributed by atoms with Crippen molar-refractivity contribution >= 4 is 40.9 Å². The molecule has 0 spiro atoms. The summed E-state index contributed by atoms with van der Waals surface area (Å²) in [6, 6.07) is 6.52. The lowest BCUT2D eigenvalue weighted by Gasteiger charge is -2.28. The number of rotatable bonds is 4. The van der Waals surface area contributed by atoms with E-state index in [9.17, 15) is 32.9 Å². The number of alkyl halides is 3. The second kappa shape index (κ2) is 8.75. The van der Waals surface area contributed by atoms with Crippen molar-refractivity contribution in [1.29, 1.82) is 0 Å². The molecule has 0 aliphatic carbocycles. The van der Waals surface area contributed by atoms with Crippen LogP contribution < -0.4 is 0 Å². The first-order valence-electron chi connectivity index (χ1n) is 8.67. The highest BCUT2D eigenvalue weighted by molar-refractivity contribution is 7.99. The lowest BCUT2D eigenvalue weighted by Crippen LogP contribution is -2.43. The number of non-ortho nitro benzene ring substituents is 1. The summed E-state index contributed by atoms with van der Waals surface area (Å²) >= 11 is 7.25. The lowest BCUT2D eigenvalue weighted by atomic mass is 10.1. The Morgan fingerprint density at radius 3 is 2.39 bits per heavy atom. The van der Waals surface area contributed by atoms with Gasteiger partial charge in [0.1, 0.15) is 11.4 Å². The Hall–Kier alpha value is -2.79. The molecule has 2 aromatic rings. The summed E-state index contributed by atoms with van der Waals surface area (Å²) in [5.74, 6) is -1.26. The molecule has 1 saturated heterocycles. The van der Waals surface area contributed by atoms with Gasteiger partial charge in [0.15, 0.2) is 0 Å². The van der Waals surface area contributed by atoms with E-state index in [1.807, 2.05) is 0 Å². The molecular formula is C19H14ClF3N2O5S. The van der Waals surface area contributed by atoms with Crippen LogP contribution in [0.2, 0.25) is 5.02 Å². The fourth-order valence-electron chi connectivity index (χ4n) is 3.10. The quantitative estimate of drug-likeness (QED) is 0.362. The van der Waals surface area contributed by atoms with Crippen LogP contribution in [0.5, 0.6) is 0 Å². The number of carbonyl (C=O) groups excluding carboxylic acids is 2. The predicted molar refractivity (Wildman–Crippen MR) is 107 cm³/mol. The monoisotopic (exact) mass is 474 g/mol. The molecule has 31 heavy (non-hydrogen) atoms. The number of carbonyl (C=O) groups is 2. The number of esters is 1. The number of amides is 1. The maximum atomic E-state index is 13.3. The van der Waals surface area contributed by atoms with Crippen molar-refractivity contribution in [2.45, 2.75) is 17.6 Å². The number of ether oxygens (including phenoxy) is 1. The highest BCUT2D eigenvalue weighted by Gasteiger charge is 2.44. The fourth-order valence-corrected chi connectivity index (χ4v) is 4.77. The molecule has 1 aliphatic rings. The van der Waals surface area contributed by atoms with E-state index in [-0.39, 0.29) is 22.0 Å². The van der Waals surface area contributed by atoms with Gasteiger partial charge in [-0.05, 0) is 23.8 Å². The van der Waals surface area contributed by atoms with E-state index in [0.717, 1.165) is 31.4 Å². The Kier molecular flexibility index (Phi) is 6.46. The molecule has 2 aromatic carbocycles. The minimum Gasteiger partial charge on any atom is -0.467 e. The van der Waals surface area contributed by atoms with E-state index >= 15 is 0 Å². The Morgan fingerprint density at radius 1 is 1.23 bits per heavy atom. The zero-order valence-electron chi connectivity index (χ0n) is 15.8. The summed E-state index contributed by atoms with van der Waals surface area (Å²) in [7, 11) is 1.15. The predicted octanol–water partition coefficient (Wildman–Crippen LogP) is 4.70. The summed E-state index contributed by atoms with van der Waals surface area (Å²) in [5.41, 5.74) is -0.877. The maximum absolute atomic E-state index is 13.3. The van der Waals surface area contributed by atoms with Crippen molar-refractivity contribution in [1.82, 2.24) is 4.90 Å². The van der Waals surface area contributed by atoms with Crippen LogP contribution in [0.15, 0.2) is 42.5 Å². The molecule has 3 rings (SSSR count). The smallest absolute Gasteiger partial charge is 0.416 e. The van der Waals surface area contributed by atoms with Gasteiger partial charge < -0.3 is 9.64 Å². The molecule has 0 radical (unpaired) electrons. The zero-order chi connectivity index (χ0) is 22.9. The van der Waals surface area contributed by atoms with Crippen molar-refractivity contribution < 1.29 is 32.4 Å². The van der Waals surface area contributed by atoms with E-state index in [2.05, 4.69) is 0 Å². The number of nitro benzene ring substituents is 1. The number of hydrogen-bond acceptors (Lipinski definition) is 6. The number of methoxy groups -OCH3 is 1. The SMILES string of the molecule is COC(=O)C1CSC(c2ccc(C(F)(F)F)cc2)N1C(=O)c1ccc([N+](=O)[O-])cc1Cl. The summed E-state index contributed by atoms with van der Waals surface area (Å²) in [6.07, 6.45) is -4.52. The van der Waals surface area contributed by atoms with Gasteiger partial charge in [0.25, 0.3) is 11.6 Å². The van der Waals surface area contributed by atoms with Gasteiger partial charge in [-0.2, -0.15) is 13.2 Å². The molecule has 0 saturated carbocycles. The average molecular weight is 475 g/mol. The Labute approximate surface area is 183 Å². The van der Waals surface area contributed by atoms with Gasteiger partial charge in [-0.25, -0.2) is 4.79 Å². The van der Waals surface area contributed by atoms with Crippen LogP contribution in [0.1, 0.15) is 26.9 Å². The first kappa shape index (κ1) is 22.9. The summed E-state index contributed by atoms with van der Waals surface area (Å²) in [6.45, 7) is 0. The normalized spacial score (nSPS) is 18.7. The standard InChI is InChI=1S/C19H14ClF3N2O5S/c1-30-18(27)15-9-31-17(10-2-4-11(5-3-10)19(21,22)23)24(15)16(26)13-7-6-12(25(28)29)8-14(13)20/h2-8,15,17H,9H2,1H3. The molecule has 2 unspecified atom stereocenters. The molecule has 1 amide bonds. The molecule has 0 aromatic heterocycles. The first-order valence-corrected chi connectivity index (χ1v) is 10.1. The molecule has 164 valence electrons. The maximum Gasteiger partial charge on any atom is 0.416 e. The third-order valence-corrected chi connectivity index (χ3v) is 6.26. The highest BCUT2D eigenvalue weighted by Crippen LogP contribution is 2.44. The van der Waals surface area contributed by atoms with Gasteiger partial charge in [0, 0.05) is 17.9 Å². The third-order valence-electron chi connectivity index (χ3n) is 4.63. The average Bonchev–Trinajstić information content (AvgIpc) is 3.17. The fraction of sp³-hybridized carbons (Fsp3) is 0.263. The van der Waals surface area contributed by atoms with Gasteiger partial charge in [0.05, 0.1) is 28.2 Å². The van der Waals surface area contributed by atoms with Crippen LogP contribution in [0, 0.1) is 10.1 Å². The van der Waals surface area contributed by atoms with Crippen molar-refractivity contribution in [3.05, 3.63) is 74.3 Å². The number of hydrogen-bond donors (Lipinski definition) is 0. The second-order valence-corrected chi connectivity index (χ2v) is 8.00. The van der Waals surface area contributed by atoms with Crippen LogP contribution >= 0.6 is 23.4 Å². The number of benzene rings is 2. The van der Waals surface area contributed by atoms with E-state index in [4.69, 9.17) is 16.3 Å². The van der Waals surface area contributed by atoms with E-state index < -0.39 is 40.0 Å². The molecule has 1 aliphatic heterocycles. The van der Waals surface area contributed by atoms with Crippen molar-refractivity contribution in [3.8, 4) is 0 Å². The molecule has 2 atom stereocenters. The van der Waals surface area contributed by atoms with Crippen LogP contribution in [0.4, 0.5) is 18.9 Å². The summed E-state index contributed by atoms with van der Waals surface area (Å²) in [5, 5.41) is 9.94. The first-order chi connectivity index (χ1) is 14.5. The number of nitrogens with zero attached hydrogens (tertiary/aromatic N) is 2. The Morgan fingerprint density at radius 2 is 1.87 bits per heavy atom. The number of thioether (sulfide) groups is 1. The van der Waals surface area contributed by atoms with Crippen molar-refractivity contribution in [2.24, 2.45) is 0 Å². The van der Waals surface area contributed by atoms with Gasteiger partial charge >= 0.3 is 12.1 Å². The molecule has 1 fully saturated rings. The molecule has 0 bridgehead atoms. The minimum absolute atomic E-state index is 0.0828. The van der Waals surface area contributed by atoms with Gasteiger partial charge in [-0.15, -0.1) is 11.8 Å². The molecule has 7 nitrogen and oxygen atoms in total. The topological polar surface area (TPSA) is 89.8 Å². The van der Waals surface area contributed by atoms with Crippen LogP contribution in [-0.2, 0) is 15.7 Å². The van der Waals surface area contributed by atoms with Crippen molar-refractivity contribution in [3.63, 3.8) is 0 Å².